The molecule has 3 aromatic rings. The number of nitrogens with one attached hydrogen (secondary N) is 3. The summed E-state index contributed by atoms with van der Waals surface area (Å²) in [5.74, 6) is -0.368. The van der Waals surface area contributed by atoms with Crippen LogP contribution >= 0.6 is 0 Å². The highest BCUT2D eigenvalue weighted by atomic mass is 32.2. The van der Waals surface area contributed by atoms with E-state index in [4.69, 9.17) is 9.47 Å². The fourth-order valence-corrected chi connectivity index (χ4v) is 3.84. The lowest BCUT2D eigenvalue weighted by atomic mass is 10.2. The van der Waals surface area contributed by atoms with E-state index in [-0.39, 0.29) is 21.7 Å². The van der Waals surface area contributed by atoms with E-state index in [1.165, 1.54) is 62.8 Å². The van der Waals surface area contributed by atoms with Gasteiger partial charge in [-0.25, -0.2) is 8.42 Å². The molecule has 3 N–H and O–H groups in total. The number of methoxy groups -OCH3 is 2. The van der Waals surface area contributed by atoms with E-state index in [1.54, 1.807) is 24.3 Å². The standard InChI is InChI=1S/C22H21N3O6S/c1-30-19-12-11-16(14-20(19)31-2)22(27)24-23-21(26)15-7-6-8-17(13-15)25-32(28,29)18-9-4-3-5-10-18/h3-14,25H,1-2H3,(H,23,26)(H,24,27). The van der Waals surface area contributed by atoms with E-state index in [1.807, 2.05) is 0 Å². The Bertz CT molecular complexity index is 1230. The summed E-state index contributed by atoms with van der Waals surface area (Å²) in [5, 5.41) is 0. The molecule has 0 bridgehead atoms. The molecule has 0 heterocycles. The zero-order valence-corrected chi connectivity index (χ0v) is 18.1. The highest BCUT2D eigenvalue weighted by molar-refractivity contribution is 7.92. The van der Waals surface area contributed by atoms with Crippen molar-refractivity contribution < 1.29 is 27.5 Å². The second-order valence-corrected chi connectivity index (χ2v) is 8.16. The first-order valence-corrected chi connectivity index (χ1v) is 10.8. The molecule has 0 unspecified atom stereocenters. The molecule has 0 aromatic heterocycles. The SMILES string of the molecule is COc1ccc(C(=O)NNC(=O)c2cccc(NS(=O)(=O)c3ccccc3)c2)cc1OC. The summed E-state index contributed by atoms with van der Waals surface area (Å²) in [4.78, 5) is 24.9. The molecule has 3 rings (SSSR count). The lowest BCUT2D eigenvalue weighted by Crippen LogP contribution is -2.41. The number of rotatable bonds is 7. The predicted molar refractivity (Wildman–Crippen MR) is 118 cm³/mol. The summed E-state index contributed by atoms with van der Waals surface area (Å²) in [7, 11) is -0.881. The number of anilines is 1. The Labute approximate surface area is 185 Å². The highest BCUT2D eigenvalue weighted by Gasteiger charge is 2.16. The Balaban J connectivity index is 1.67. The number of sulfonamides is 1. The van der Waals surface area contributed by atoms with Gasteiger partial charge in [0, 0.05) is 16.8 Å². The summed E-state index contributed by atoms with van der Waals surface area (Å²) >= 11 is 0. The molecule has 0 fully saturated rings. The Hall–Kier alpha value is -4.05. The van der Waals surface area contributed by atoms with E-state index >= 15 is 0 Å². The van der Waals surface area contributed by atoms with Crippen molar-refractivity contribution in [1.29, 1.82) is 0 Å². The maximum absolute atomic E-state index is 12.5. The first kappa shape index (κ1) is 22.6. The third-order valence-electron chi connectivity index (χ3n) is 4.37. The molecule has 0 aliphatic rings. The number of amides is 2. The zero-order chi connectivity index (χ0) is 23.1. The number of benzene rings is 3. The summed E-state index contributed by atoms with van der Waals surface area (Å²) < 4.78 is 37.6. The highest BCUT2D eigenvalue weighted by Crippen LogP contribution is 2.27. The molecule has 0 aliphatic carbocycles. The number of ether oxygens (including phenoxy) is 2. The van der Waals surface area contributed by atoms with Crippen LogP contribution in [-0.2, 0) is 10.0 Å². The van der Waals surface area contributed by atoms with Crippen LogP contribution in [0.2, 0.25) is 0 Å². The molecule has 0 aliphatic heterocycles. The second kappa shape index (κ2) is 9.84. The average molecular weight is 455 g/mol. The molecule has 10 heteroatoms. The van der Waals surface area contributed by atoms with Crippen molar-refractivity contribution in [3.63, 3.8) is 0 Å². The number of carbonyl (C=O) groups is 2. The fourth-order valence-electron chi connectivity index (χ4n) is 2.77. The van der Waals surface area contributed by atoms with Crippen LogP contribution in [0.15, 0.2) is 77.7 Å². The number of hydrogen-bond acceptors (Lipinski definition) is 6. The van der Waals surface area contributed by atoms with Crippen LogP contribution < -0.4 is 25.0 Å². The molecule has 3 aromatic carbocycles. The van der Waals surface area contributed by atoms with E-state index in [9.17, 15) is 18.0 Å². The van der Waals surface area contributed by atoms with Gasteiger partial charge in [-0.1, -0.05) is 24.3 Å². The molecule has 0 spiro atoms. The van der Waals surface area contributed by atoms with Crippen LogP contribution in [0.25, 0.3) is 0 Å². The van der Waals surface area contributed by atoms with Crippen LogP contribution in [0.1, 0.15) is 20.7 Å². The molecule has 0 radical (unpaired) electrons. The van der Waals surface area contributed by atoms with Crippen LogP contribution in [0.4, 0.5) is 5.69 Å². The molecule has 9 nitrogen and oxygen atoms in total. The predicted octanol–water partition coefficient (Wildman–Crippen LogP) is 2.58. The molecule has 2 amide bonds. The van der Waals surface area contributed by atoms with Gasteiger partial charge in [-0.2, -0.15) is 0 Å². The average Bonchev–Trinajstić information content (AvgIpc) is 2.82. The van der Waals surface area contributed by atoms with E-state index in [0.29, 0.717) is 11.5 Å². The van der Waals surface area contributed by atoms with Gasteiger partial charge in [0.1, 0.15) is 0 Å². The minimum Gasteiger partial charge on any atom is -0.493 e. The van der Waals surface area contributed by atoms with Crippen LogP contribution in [0.3, 0.4) is 0 Å². The lowest BCUT2D eigenvalue weighted by Gasteiger charge is -2.12. The molecule has 0 atom stereocenters. The first-order chi connectivity index (χ1) is 15.3. The fraction of sp³-hybridized carbons (Fsp3) is 0.0909. The smallest absolute Gasteiger partial charge is 0.269 e. The molecule has 32 heavy (non-hydrogen) atoms. The van der Waals surface area contributed by atoms with Gasteiger partial charge in [-0.3, -0.25) is 25.2 Å². The van der Waals surface area contributed by atoms with E-state index in [0.717, 1.165) is 0 Å². The number of hydrogen-bond donors (Lipinski definition) is 3. The van der Waals surface area contributed by atoms with Gasteiger partial charge in [0.05, 0.1) is 19.1 Å². The zero-order valence-electron chi connectivity index (χ0n) is 17.3. The summed E-state index contributed by atoms with van der Waals surface area (Å²) in [5.41, 5.74) is 5.19. The van der Waals surface area contributed by atoms with Crippen LogP contribution in [0.5, 0.6) is 11.5 Å². The molecule has 0 saturated heterocycles. The summed E-state index contributed by atoms with van der Waals surface area (Å²) in [6, 6.07) is 18.3. The van der Waals surface area contributed by atoms with Crippen LogP contribution in [0, 0.1) is 0 Å². The molecule has 0 saturated carbocycles. The second-order valence-electron chi connectivity index (χ2n) is 6.48. The molecule has 166 valence electrons. The number of hydrazine groups is 1. The van der Waals surface area contributed by atoms with Gasteiger partial charge < -0.3 is 9.47 Å². The third kappa shape index (κ3) is 5.35. The Kier molecular flexibility index (Phi) is 6.96. The van der Waals surface area contributed by atoms with Crippen molar-refractivity contribution >= 4 is 27.5 Å². The van der Waals surface area contributed by atoms with Crippen molar-refractivity contribution in [2.45, 2.75) is 4.90 Å². The monoisotopic (exact) mass is 455 g/mol. The topological polar surface area (TPSA) is 123 Å². The van der Waals surface area contributed by atoms with Gasteiger partial charge in [-0.05, 0) is 48.5 Å². The number of carbonyl (C=O) groups excluding carboxylic acids is 2. The van der Waals surface area contributed by atoms with Gasteiger partial charge in [0.2, 0.25) is 0 Å². The van der Waals surface area contributed by atoms with Crippen molar-refractivity contribution in [2.75, 3.05) is 18.9 Å². The summed E-state index contributed by atoms with van der Waals surface area (Å²) in [6.45, 7) is 0. The first-order valence-electron chi connectivity index (χ1n) is 9.34. The molecular formula is C22H21N3O6S. The maximum Gasteiger partial charge on any atom is 0.269 e. The minimum absolute atomic E-state index is 0.0945. The summed E-state index contributed by atoms with van der Waals surface area (Å²) in [6.07, 6.45) is 0. The lowest BCUT2D eigenvalue weighted by molar-refractivity contribution is 0.0846. The van der Waals surface area contributed by atoms with E-state index < -0.39 is 21.8 Å². The quantitative estimate of drug-likeness (QED) is 0.471. The van der Waals surface area contributed by atoms with Crippen molar-refractivity contribution in [3.8, 4) is 11.5 Å². The largest absolute Gasteiger partial charge is 0.493 e. The Morgan fingerprint density at radius 2 is 1.34 bits per heavy atom. The van der Waals surface area contributed by atoms with Crippen molar-refractivity contribution in [3.05, 3.63) is 83.9 Å². The van der Waals surface area contributed by atoms with Crippen molar-refractivity contribution in [2.24, 2.45) is 0 Å². The molecular weight excluding hydrogens is 434 g/mol. The minimum atomic E-state index is -3.80. The van der Waals surface area contributed by atoms with Gasteiger partial charge in [0.25, 0.3) is 21.8 Å². The van der Waals surface area contributed by atoms with Gasteiger partial charge in [0.15, 0.2) is 11.5 Å². The third-order valence-corrected chi connectivity index (χ3v) is 5.76. The maximum atomic E-state index is 12.5. The van der Waals surface area contributed by atoms with Crippen LogP contribution in [-0.4, -0.2) is 34.5 Å². The van der Waals surface area contributed by atoms with E-state index in [2.05, 4.69) is 15.6 Å². The van der Waals surface area contributed by atoms with Gasteiger partial charge >= 0.3 is 0 Å². The Morgan fingerprint density at radius 3 is 1.97 bits per heavy atom. The normalized spacial score (nSPS) is 10.7. The van der Waals surface area contributed by atoms with Gasteiger partial charge in [-0.15, -0.1) is 0 Å². The van der Waals surface area contributed by atoms with Crippen molar-refractivity contribution in [1.82, 2.24) is 10.9 Å². The Morgan fingerprint density at radius 1 is 0.719 bits per heavy atom.